The predicted molar refractivity (Wildman–Crippen MR) is 125 cm³/mol. The molecule has 0 saturated carbocycles. The second-order valence-corrected chi connectivity index (χ2v) is 8.03. The third-order valence-corrected chi connectivity index (χ3v) is 5.68. The number of carbonyl (C=O) groups is 1. The zero-order valence-corrected chi connectivity index (χ0v) is 18.6. The number of hydrogen-bond acceptors (Lipinski definition) is 4. The number of pyridine rings is 1. The van der Waals surface area contributed by atoms with Crippen LogP contribution in [0, 0.1) is 6.92 Å². The molecule has 0 spiro atoms. The lowest BCUT2D eigenvalue weighted by atomic mass is 10.0. The number of benzene rings is 1. The maximum absolute atomic E-state index is 11.9. The van der Waals surface area contributed by atoms with Gasteiger partial charge < -0.3 is 25.3 Å². The van der Waals surface area contributed by atoms with Gasteiger partial charge in [-0.15, -0.1) is 0 Å². The summed E-state index contributed by atoms with van der Waals surface area (Å²) in [5, 5.41) is 7.13. The number of nitrogens with zero attached hydrogens (tertiary/aromatic N) is 2. The van der Waals surface area contributed by atoms with Crippen molar-refractivity contribution in [2.75, 3.05) is 23.9 Å². The van der Waals surface area contributed by atoms with Crippen molar-refractivity contribution in [1.82, 2.24) is 15.3 Å². The molecule has 3 aromatic rings. The van der Waals surface area contributed by atoms with Crippen LogP contribution in [0.5, 0.6) is 0 Å². The van der Waals surface area contributed by atoms with Crippen LogP contribution in [0.3, 0.4) is 0 Å². The Bertz CT molecular complexity index is 1100. The number of H-pyrrole nitrogens is 1. The number of halogens is 1. The van der Waals surface area contributed by atoms with E-state index in [1.54, 1.807) is 18.3 Å². The first-order valence-corrected chi connectivity index (χ1v) is 10.5. The van der Waals surface area contributed by atoms with Gasteiger partial charge in [0.15, 0.2) is 5.11 Å². The number of anilines is 2. The molecule has 0 radical (unpaired) electrons. The number of aromatic nitrogens is 2. The fourth-order valence-electron chi connectivity index (χ4n) is 3.72. The van der Waals surface area contributed by atoms with Gasteiger partial charge in [-0.3, -0.25) is 9.78 Å². The standard InChI is InChI=1S/C22H22ClN5O2S/c1-13-6-8-18(25-13)21-20(17-5-3-4-10-24-17)27-22(31)28(21)14-7-9-16(15(23)11-14)26-19(29)12-30-2/h3-11,20-21,25H,12H2,1-2H3,(H,26,29)(H,27,31)/t20-,21-/m0/s1. The Morgan fingerprint density at radius 1 is 1.29 bits per heavy atom. The number of ether oxygens (including phenoxy) is 1. The first-order chi connectivity index (χ1) is 15.0. The van der Waals surface area contributed by atoms with Crippen LogP contribution in [0.2, 0.25) is 5.02 Å². The minimum Gasteiger partial charge on any atom is -0.375 e. The monoisotopic (exact) mass is 455 g/mol. The molecule has 1 fully saturated rings. The Balaban J connectivity index is 1.71. The van der Waals surface area contributed by atoms with Crippen LogP contribution < -0.4 is 15.5 Å². The van der Waals surface area contributed by atoms with E-state index in [9.17, 15) is 4.79 Å². The molecule has 1 amide bonds. The number of carbonyl (C=O) groups excluding carboxylic acids is 1. The SMILES string of the molecule is COCC(=O)Nc1ccc(N2C(=S)N[C@@H](c3ccccn3)[C@@H]2c2ccc(C)[nH]2)cc1Cl. The topological polar surface area (TPSA) is 82.3 Å². The van der Waals surface area contributed by atoms with Crippen molar-refractivity contribution < 1.29 is 9.53 Å². The molecule has 0 unspecified atom stereocenters. The van der Waals surface area contributed by atoms with E-state index in [0.29, 0.717) is 15.8 Å². The predicted octanol–water partition coefficient (Wildman–Crippen LogP) is 4.13. The molecule has 1 aliphatic heterocycles. The van der Waals surface area contributed by atoms with E-state index >= 15 is 0 Å². The molecular formula is C22H22ClN5O2S. The zero-order chi connectivity index (χ0) is 22.0. The van der Waals surface area contributed by atoms with E-state index in [-0.39, 0.29) is 24.6 Å². The Labute approximate surface area is 190 Å². The van der Waals surface area contributed by atoms with Gasteiger partial charge in [-0.2, -0.15) is 0 Å². The van der Waals surface area contributed by atoms with E-state index in [4.69, 9.17) is 28.6 Å². The van der Waals surface area contributed by atoms with Crippen LogP contribution in [-0.4, -0.2) is 34.7 Å². The summed E-state index contributed by atoms with van der Waals surface area (Å²) in [5.74, 6) is -0.273. The van der Waals surface area contributed by atoms with Crippen molar-refractivity contribution in [3.8, 4) is 0 Å². The summed E-state index contributed by atoms with van der Waals surface area (Å²) in [7, 11) is 1.46. The normalized spacial score (nSPS) is 18.2. The van der Waals surface area contributed by atoms with Gasteiger partial charge in [0.1, 0.15) is 12.6 Å². The Hall–Kier alpha value is -2.94. The summed E-state index contributed by atoms with van der Waals surface area (Å²) >= 11 is 12.2. The highest BCUT2D eigenvalue weighted by molar-refractivity contribution is 7.80. The second-order valence-electron chi connectivity index (χ2n) is 7.24. The van der Waals surface area contributed by atoms with Crippen molar-refractivity contribution in [2.24, 2.45) is 0 Å². The molecule has 1 saturated heterocycles. The maximum atomic E-state index is 11.9. The summed E-state index contributed by atoms with van der Waals surface area (Å²) in [6, 6.07) is 15.1. The third kappa shape index (κ3) is 4.41. The number of aromatic amines is 1. The molecule has 3 N–H and O–H groups in total. The maximum Gasteiger partial charge on any atom is 0.250 e. The molecule has 2 atom stereocenters. The molecule has 31 heavy (non-hydrogen) atoms. The third-order valence-electron chi connectivity index (χ3n) is 5.05. The quantitative estimate of drug-likeness (QED) is 0.485. The van der Waals surface area contributed by atoms with E-state index in [2.05, 4.69) is 26.7 Å². The van der Waals surface area contributed by atoms with Gasteiger partial charge in [0.05, 0.1) is 22.4 Å². The fraction of sp³-hybridized carbons (Fsp3) is 0.227. The molecule has 4 rings (SSSR count). The van der Waals surface area contributed by atoms with Crippen LogP contribution in [0.15, 0.2) is 54.7 Å². The van der Waals surface area contributed by atoms with Crippen molar-refractivity contribution >= 4 is 46.2 Å². The number of methoxy groups -OCH3 is 1. The van der Waals surface area contributed by atoms with Gasteiger partial charge in [0.25, 0.3) is 0 Å². The molecule has 0 aliphatic carbocycles. The lowest BCUT2D eigenvalue weighted by Gasteiger charge is -2.27. The highest BCUT2D eigenvalue weighted by Gasteiger charge is 2.41. The summed E-state index contributed by atoms with van der Waals surface area (Å²) in [5.41, 5.74) is 4.28. The molecule has 7 nitrogen and oxygen atoms in total. The van der Waals surface area contributed by atoms with E-state index in [0.717, 1.165) is 22.8 Å². The molecule has 1 aromatic carbocycles. The van der Waals surface area contributed by atoms with Crippen molar-refractivity contribution in [2.45, 2.75) is 19.0 Å². The van der Waals surface area contributed by atoms with Crippen LogP contribution in [0.1, 0.15) is 29.2 Å². The zero-order valence-electron chi connectivity index (χ0n) is 17.1. The number of amides is 1. The summed E-state index contributed by atoms with van der Waals surface area (Å²) in [6.07, 6.45) is 1.77. The first-order valence-electron chi connectivity index (χ1n) is 9.72. The minimum absolute atomic E-state index is 0.0434. The van der Waals surface area contributed by atoms with Gasteiger partial charge in [0, 0.05) is 30.4 Å². The van der Waals surface area contributed by atoms with Crippen LogP contribution in [0.4, 0.5) is 11.4 Å². The van der Waals surface area contributed by atoms with Gasteiger partial charge >= 0.3 is 0 Å². The summed E-state index contributed by atoms with van der Waals surface area (Å²) < 4.78 is 4.86. The average molecular weight is 456 g/mol. The molecule has 9 heteroatoms. The van der Waals surface area contributed by atoms with Crippen molar-refractivity contribution in [3.63, 3.8) is 0 Å². The average Bonchev–Trinajstić information content (AvgIpc) is 3.33. The number of aryl methyl sites for hydroxylation is 1. The lowest BCUT2D eigenvalue weighted by Crippen LogP contribution is -2.29. The van der Waals surface area contributed by atoms with E-state index in [1.807, 2.05) is 42.2 Å². The van der Waals surface area contributed by atoms with Gasteiger partial charge in [-0.25, -0.2) is 0 Å². The van der Waals surface area contributed by atoms with Crippen molar-refractivity contribution in [1.29, 1.82) is 0 Å². The number of nitrogens with one attached hydrogen (secondary N) is 3. The first kappa shape index (κ1) is 21.3. The number of rotatable bonds is 6. The lowest BCUT2D eigenvalue weighted by molar-refractivity contribution is -0.119. The van der Waals surface area contributed by atoms with Crippen LogP contribution >= 0.6 is 23.8 Å². The molecule has 2 aromatic heterocycles. The van der Waals surface area contributed by atoms with Gasteiger partial charge in [-0.05, 0) is 61.6 Å². The summed E-state index contributed by atoms with van der Waals surface area (Å²) in [6.45, 7) is 1.97. The van der Waals surface area contributed by atoms with Crippen LogP contribution in [0.25, 0.3) is 0 Å². The Kier molecular flexibility index (Phi) is 6.22. The highest BCUT2D eigenvalue weighted by atomic mass is 35.5. The van der Waals surface area contributed by atoms with Gasteiger partial charge in [-0.1, -0.05) is 17.7 Å². The number of thiocarbonyl (C=S) groups is 1. The highest BCUT2D eigenvalue weighted by Crippen LogP contribution is 2.42. The molecular weight excluding hydrogens is 434 g/mol. The smallest absolute Gasteiger partial charge is 0.250 e. The Morgan fingerprint density at radius 3 is 2.77 bits per heavy atom. The van der Waals surface area contributed by atoms with Gasteiger partial charge in [0.2, 0.25) is 5.91 Å². The van der Waals surface area contributed by atoms with Crippen LogP contribution in [-0.2, 0) is 9.53 Å². The molecule has 160 valence electrons. The molecule has 0 bridgehead atoms. The molecule has 1 aliphatic rings. The van der Waals surface area contributed by atoms with Crippen molar-refractivity contribution in [3.05, 3.63) is 76.8 Å². The van der Waals surface area contributed by atoms with E-state index in [1.165, 1.54) is 7.11 Å². The largest absolute Gasteiger partial charge is 0.375 e. The fourth-order valence-corrected chi connectivity index (χ4v) is 4.29. The molecule has 3 heterocycles. The van der Waals surface area contributed by atoms with E-state index < -0.39 is 0 Å². The second kappa shape index (κ2) is 9.05. The minimum atomic E-state index is -0.273. The summed E-state index contributed by atoms with van der Waals surface area (Å²) in [4.78, 5) is 21.8. The number of hydrogen-bond donors (Lipinski definition) is 3. The Morgan fingerprint density at radius 2 is 2.13 bits per heavy atom.